The Morgan fingerprint density at radius 2 is 2.07 bits per heavy atom. The number of pyridine rings is 1. The SMILES string of the molecule is COCCN1CCC2(CC1)CC(CNC(=O)c1cc(F)cc(CNc3ncc(-c4ccnc(N)n4)c4c3CCO4)c1)C2. The normalized spacial score (nSPS) is 17.9. The van der Waals surface area contributed by atoms with Crippen molar-refractivity contribution < 1.29 is 18.7 Å². The van der Waals surface area contributed by atoms with Crippen LogP contribution < -0.4 is 21.1 Å². The van der Waals surface area contributed by atoms with Gasteiger partial charge in [-0.1, -0.05) is 0 Å². The van der Waals surface area contributed by atoms with Gasteiger partial charge in [-0.05, 0) is 79.9 Å². The van der Waals surface area contributed by atoms with E-state index < -0.39 is 5.82 Å². The summed E-state index contributed by atoms with van der Waals surface area (Å²) in [6.07, 6.45) is 8.69. The Balaban J connectivity index is 1.03. The highest BCUT2D eigenvalue weighted by molar-refractivity contribution is 5.94. The number of amides is 1. The van der Waals surface area contributed by atoms with Gasteiger partial charge in [0.05, 0.1) is 24.5 Å². The number of benzene rings is 1. The van der Waals surface area contributed by atoms with Crippen molar-refractivity contribution in [3.05, 3.63) is 59.2 Å². The summed E-state index contributed by atoms with van der Waals surface area (Å²) in [5.41, 5.74) is 9.48. The average molecular weight is 576 g/mol. The van der Waals surface area contributed by atoms with Gasteiger partial charge in [0.2, 0.25) is 5.95 Å². The zero-order chi connectivity index (χ0) is 29.1. The van der Waals surface area contributed by atoms with Crippen molar-refractivity contribution in [1.82, 2.24) is 25.2 Å². The zero-order valence-corrected chi connectivity index (χ0v) is 24.0. The van der Waals surface area contributed by atoms with E-state index in [0.29, 0.717) is 65.8 Å². The molecule has 0 atom stereocenters. The minimum atomic E-state index is -0.444. The average Bonchev–Trinajstić information content (AvgIpc) is 3.47. The third-order valence-electron chi connectivity index (χ3n) is 8.88. The molecular weight excluding hydrogens is 537 g/mol. The number of carbonyl (C=O) groups is 1. The molecule has 2 aliphatic heterocycles. The number of anilines is 2. The third kappa shape index (κ3) is 6.17. The minimum absolute atomic E-state index is 0.179. The number of halogens is 1. The Labute approximate surface area is 245 Å². The van der Waals surface area contributed by atoms with Crippen LogP contribution in [-0.2, 0) is 17.7 Å². The lowest BCUT2D eigenvalue weighted by Gasteiger charge is -2.52. The molecule has 42 heavy (non-hydrogen) atoms. The molecule has 1 aliphatic carbocycles. The van der Waals surface area contributed by atoms with Gasteiger partial charge in [0.1, 0.15) is 17.4 Å². The van der Waals surface area contributed by atoms with Gasteiger partial charge >= 0.3 is 0 Å². The molecule has 2 aromatic heterocycles. The molecule has 3 aromatic rings. The number of likely N-dealkylation sites (tertiary alicyclic amines) is 1. The number of methoxy groups -OCH3 is 1. The van der Waals surface area contributed by atoms with Crippen molar-refractivity contribution in [2.45, 2.75) is 38.6 Å². The molecule has 0 bridgehead atoms. The van der Waals surface area contributed by atoms with E-state index in [1.54, 1.807) is 31.6 Å². The number of nitrogens with one attached hydrogen (secondary N) is 2. The number of hydrogen-bond acceptors (Lipinski definition) is 9. The van der Waals surface area contributed by atoms with Crippen LogP contribution in [0.4, 0.5) is 16.2 Å². The monoisotopic (exact) mass is 575 g/mol. The molecular formula is C31H38FN7O3. The molecule has 1 aromatic carbocycles. The molecule has 1 saturated heterocycles. The van der Waals surface area contributed by atoms with Crippen LogP contribution in [0.2, 0.25) is 0 Å². The lowest BCUT2D eigenvalue weighted by molar-refractivity contribution is -0.0165. The molecule has 4 heterocycles. The summed E-state index contributed by atoms with van der Waals surface area (Å²) in [6.45, 7) is 5.48. The van der Waals surface area contributed by atoms with E-state index in [1.807, 2.05) is 0 Å². The van der Waals surface area contributed by atoms with Crippen LogP contribution in [0.1, 0.15) is 47.2 Å². The number of ether oxygens (including phenoxy) is 2. The number of nitrogens with two attached hydrogens (primary N) is 1. The van der Waals surface area contributed by atoms with Crippen molar-refractivity contribution in [2.75, 3.05) is 57.6 Å². The predicted octanol–water partition coefficient (Wildman–Crippen LogP) is 3.68. The molecule has 11 heteroatoms. The van der Waals surface area contributed by atoms with Crippen molar-refractivity contribution in [2.24, 2.45) is 11.3 Å². The molecule has 3 aliphatic rings. The van der Waals surface area contributed by atoms with Gasteiger partial charge in [-0.25, -0.2) is 19.3 Å². The van der Waals surface area contributed by atoms with Crippen LogP contribution in [0.3, 0.4) is 0 Å². The van der Waals surface area contributed by atoms with Gasteiger partial charge in [0.15, 0.2) is 0 Å². The second kappa shape index (κ2) is 12.2. The molecule has 6 rings (SSSR count). The Bertz CT molecular complexity index is 1440. The Morgan fingerprint density at radius 3 is 2.86 bits per heavy atom. The minimum Gasteiger partial charge on any atom is -0.492 e. The highest BCUT2D eigenvalue weighted by Crippen LogP contribution is 2.52. The van der Waals surface area contributed by atoms with E-state index >= 15 is 0 Å². The first-order valence-electron chi connectivity index (χ1n) is 14.7. The summed E-state index contributed by atoms with van der Waals surface area (Å²) >= 11 is 0. The molecule has 1 saturated carbocycles. The maximum Gasteiger partial charge on any atom is 0.251 e. The topological polar surface area (TPSA) is 128 Å². The fourth-order valence-electron chi connectivity index (χ4n) is 6.64. The van der Waals surface area contributed by atoms with Gasteiger partial charge in [0.25, 0.3) is 5.91 Å². The van der Waals surface area contributed by atoms with Gasteiger partial charge in [-0.2, -0.15) is 0 Å². The first kappa shape index (κ1) is 28.3. The fraction of sp³-hybridized carbons (Fsp3) is 0.484. The van der Waals surface area contributed by atoms with E-state index in [9.17, 15) is 9.18 Å². The second-order valence-electron chi connectivity index (χ2n) is 11.7. The summed E-state index contributed by atoms with van der Waals surface area (Å²) in [7, 11) is 1.75. The molecule has 1 spiro atoms. The van der Waals surface area contributed by atoms with Gasteiger partial charge in [0, 0.05) is 56.7 Å². The van der Waals surface area contributed by atoms with Crippen LogP contribution >= 0.6 is 0 Å². The summed E-state index contributed by atoms with van der Waals surface area (Å²) in [6, 6.07) is 6.23. The van der Waals surface area contributed by atoms with Gasteiger partial charge < -0.3 is 30.7 Å². The van der Waals surface area contributed by atoms with E-state index in [-0.39, 0.29) is 11.9 Å². The Morgan fingerprint density at radius 1 is 1.24 bits per heavy atom. The standard InChI is InChI=1S/C31H38FN7O3/c1-41-11-9-39-7-4-31(5-8-39)15-21(16-31)18-37-29(40)22-12-20(13-23(32)14-22)17-35-28-24-3-10-42-27(24)25(19-36-28)26-2-6-34-30(33)38-26/h2,6,12-14,19,21H,3-5,7-11,15-18H2,1H3,(H,35,36)(H,37,40)(H2,33,34,38). The molecule has 1 amide bonds. The predicted molar refractivity (Wildman–Crippen MR) is 158 cm³/mol. The first-order chi connectivity index (χ1) is 20.4. The van der Waals surface area contributed by atoms with E-state index in [1.165, 1.54) is 25.0 Å². The van der Waals surface area contributed by atoms with Crippen LogP contribution in [0.25, 0.3) is 11.3 Å². The van der Waals surface area contributed by atoms with Crippen LogP contribution in [0.5, 0.6) is 5.75 Å². The quantitative estimate of drug-likeness (QED) is 0.332. The third-order valence-corrected chi connectivity index (χ3v) is 8.88. The van der Waals surface area contributed by atoms with Gasteiger partial charge in [-0.15, -0.1) is 0 Å². The van der Waals surface area contributed by atoms with E-state index in [0.717, 1.165) is 50.2 Å². The molecule has 0 radical (unpaired) electrons. The lowest BCUT2D eigenvalue weighted by atomic mass is 9.57. The number of carbonyl (C=O) groups excluding carboxylic acids is 1. The number of rotatable bonds is 10. The molecule has 222 valence electrons. The molecule has 10 nitrogen and oxygen atoms in total. The summed E-state index contributed by atoms with van der Waals surface area (Å²) in [5.74, 6) is 1.34. The van der Waals surface area contributed by atoms with Crippen LogP contribution in [-0.4, -0.2) is 72.3 Å². The fourth-order valence-corrected chi connectivity index (χ4v) is 6.64. The molecule has 2 fully saturated rings. The summed E-state index contributed by atoms with van der Waals surface area (Å²) in [5, 5.41) is 6.35. The molecule has 0 unspecified atom stereocenters. The van der Waals surface area contributed by atoms with Crippen LogP contribution in [0.15, 0.2) is 36.7 Å². The summed E-state index contributed by atoms with van der Waals surface area (Å²) < 4.78 is 25.7. The zero-order valence-electron chi connectivity index (χ0n) is 24.0. The molecule has 4 N–H and O–H groups in total. The highest BCUT2D eigenvalue weighted by atomic mass is 19.1. The smallest absolute Gasteiger partial charge is 0.251 e. The summed E-state index contributed by atoms with van der Waals surface area (Å²) in [4.78, 5) is 28.3. The van der Waals surface area contributed by atoms with Crippen molar-refractivity contribution in [1.29, 1.82) is 0 Å². The number of piperidine rings is 1. The number of nitrogen functional groups attached to an aromatic ring is 1. The maximum atomic E-state index is 14.6. The van der Waals surface area contributed by atoms with E-state index in [2.05, 4.69) is 30.5 Å². The number of fused-ring (bicyclic) bond motifs is 1. The first-order valence-corrected chi connectivity index (χ1v) is 14.7. The van der Waals surface area contributed by atoms with Crippen molar-refractivity contribution >= 4 is 17.7 Å². The second-order valence-corrected chi connectivity index (χ2v) is 11.7. The number of aromatic nitrogens is 3. The number of hydrogen-bond donors (Lipinski definition) is 3. The van der Waals surface area contributed by atoms with Crippen molar-refractivity contribution in [3.8, 4) is 17.0 Å². The number of nitrogens with zero attached hydrogens (tertiary/aromatic N) is 4. The van der Waals surface area contributed by atoms with Crippen molar-refractivity contribution in [3.63, 3.8) is 0 Å². The maximum absolute atomic E-state index is 14.6. The largest absolute Gasteiger partial charge is 0.492 e. The van der Waals surface area contributed by atoms with Gasteiger partial charge in [-0.3, -0.25) is 4.79 Å². The lowest BCUT2D eigenvalue weighted by Crippen LogP contribution is -2.50. The highest BCUT2D eigenvalue weighted by Gasteiger charge is 2.45. The van der Waals surface area contributed by atoms with E-state index in [4.69, 9.17) is 15.2 Å². The Kier molecular flexibility index (Phi) is 8.21. The Hall–Kier alpha value is -3.83. The van der Waals surface area contributed by atoms with Crippen LogP contribution in [0, 0.1) is 17.2 Å².